The van der Waals surface area contributed by atoms with Crippen molar-refractivity contribution in [2.75, 3.05) is 6.54 Å². The molecule has 1 aromatic rings. The molecule has 0 radical (unpaired) electrons. The number of fused-ring (bicyclic) bond motifs is 1. The van der Waals surface area contributed by atoms with Crippen molar-refractivity contribution >= 4 is 11.8 Å². The molecule has 5 heteroatoms. The topological polar surface area (TPSA) is 73.7 Å². The lowest BCUT2D eigenvalue weighted by molar-refractivity contribution is 0.757. The number of nitrogens with zero attached hydrogens (tertiary/aromatic N) is 2. The Kier molecular flexibility index (Phi) is 2.60. The number of allylic oxidation sites excluding steroid dienone is 2. The Morgan fingerprint density at radius 2 is 2.35 bits per heavy atom. The summed E-state index contributed by atoms with van der Waals surface area (Å²) in [5, 5.41) is 14.1. The second-order valence-corrected chi connectivity index (χ2v) is 4.34. The van der Waals surface area contributed by atoms with Crippen LogP contribution in [0, 0.1) is 5.41 Å². The Morgan fingerprint density at radius 1 is 1.41 bits per heavy atom. The third-order valence-corrected chi connectivity index (χ3v) is 3.21. The number of aromatic nitrogens is 2. The van der Waals surface area contributed by atoms with Crippen LogP contribution < -0.4 is 10.6 Å². The Balaban J connectivity index is 2.02. The maximum atomic E-state index is 7.54. The summed E-state index contributed by atoms with van der Waals surface area (Å²) in [4.78, 5) is 8.91. The Morgan fingerprint density at radius 3 is 3.12 bits per heavy atom. The first-order chi connectivity index (χ1) is 8.38. The third-order valence-electron chi connectivity index (χ3n) is 3.21. The Bertz CT molecular complexity index is 484. The molecule has 17 heavy (non-hydrogen) atoms. The summed E-state index contributed by atoms with van der Waals surface area (Å²) in [5.41, 5.74) is 4.17. The van der Waals surface area contributed by atoms with E-state index in [9.17, 15) is 0 Å². The Hall–Kier alpha value is -1.75. The Labute approximate surface area is 99.9 Å². The molecular formula is C12H15N5. The quantitative estimate of drug-likeness (QED) is 0.656. The zero-order valence-electron chi connectivity index (χ0n) is 9.58. The highest BCUT2D eigenvalue weighted by Crippen LogP contribution is 2.21. The lowest BCUT2D eigenvalue weighted by Gasteiger charge is -2.07. The van der Waals surface area contributed by atoms with E-state index in [-0.39, 0.29) is 0 Å². The summed E-state index contributed by atoms with van der Waals surface area (Å²) < 4.78 is 0. The van der Waals surface area contributed by atoms with Crippen LogP contribution >= 0.6 is 0 Å². The van der Waals surface area contributed by atoms with Crippen LogP contribution in [0.5, 0.6) is 0 Å². The van der Waals surface area contributed by atoms with Gasteiger partial charge in [0.2, 0.25) is 0 Å². The maximum Gasteiger partial charge on any atom is 0.162 e. The van der Waals surface area contributed by atoms with E-state index >= 15 is 0 Å². The third kappa shape index (κ3) is 1.82. The van der Waals surface area contributed by atoms with Gasteiger partial charge in [-0.3, -0.25) is 0 Å². The molecule has 0 amide bonds. The predicted molar refractivity (Wildman–Crippen MR) is 65.5 cm³/mol. The molecule has 0 unspecified atom stereocenters. The number of rotatable bonds is 2. The van der Waals surface area contributed by atoms with Gasteiger partial charge in [0.05, 0.1) is 11.3 Å². The van der Waals surface area contributed by atoms with Gasteiger partial charge in [-0.2, -0.15) is 0 Å². The van der Waals surface area contributed by atoms with Crippen molar-refractivity contribution < 1.29 is 0 Å². The average molecular weight is 229 g/mol. The SMILES string of the molecule is N=C/C(=C1/CCCN1)c1ncc2c(n1)CNC2. The lowest BCUT2D eigenvalue weighted by Crippen LogP contribution is -2.09. The fraction of sp³-hybridized carbons (Fsp3) is 0.417. The standard InChI is InChI=1S/C12H15N5/c13-4-9(10-2-1-3-15-10)12-16-6-8-5-14-7-11(8)17-12/h4,6,13-15H,1-3,5,7H2/b10-9+,13-4?. The summed E-state index contributed by atoms with van der Waals surface area (Å²) in [7, 11) is 0. The van der Waals surface area contributed by atoms with Gasteiger partial charge < -0.3 is 16.0 Å². The highest BCUT2D eigenvalue weighted by atomic mass is 15.0. The first kappa shape index (κ1) is 10.4. The van der Waals surface area contributed by atoms with Crippen molar-refractivity contribution in [2.45, 2.75) is 25.9 Å². The van der Waals surface area contributed by atoms with Crippen LogP contribution in [-0.4, -0.2) is 22.7 Å². The molecule has 88 valence electrons. The van der Waals surface area contributed by atoms with Crippen molar-refractivity contribution in [1.29, 1.82) is 5.41 Å². The average Bonchev–Trinajstić information content (AvgIpc) is 2.99. The molecule has 0 bridgehead atoms. The predicted octanol–water partition coefficient (Wildman–Crippen LogP) is 0.824. The van der Waals surface area contributed by atoms with Crippen molar-refractivity contribution in [2.24, 2.45) is 0 Å². The van der Waals surface area contributed by atoms with Gasteiger partial charge in [0, 0.05) is 43.3 Å². The summed E-state index contributed by atoms with van der Waals surface area (Å²) in [6.45, 7) is 2.64. The van der Waals surface area contributed by atoms with Crippen molar-refractivity contribution in [3.05, 3.63) is 29.0 Å². The van der Waals surface area contributed by atoms with E-state index in [1.54, 1.807) is 0 Å². The summed E-state index contributed by atoms with van der Waals surface area (Å²) in [6.07, 6.45) is 5.34. The molecule has 0 aliphatic carbocycles. The van der Waals surface area contributed by atoms with Crippen LogP contribution in [0.4, 0.5) is 0 Å². The molecule has 1 aromatic heterocycles. The van der Waals surface area contributed by atoms with Gasteiger partial charge in [-0.25, -0.2) is 9.97 Å². The van der Waals surface area contributed by atoms with E-state index in [0.29, 0.717) is 5.82 Å². The van der Waals surface area contributed by atoms with Gasteiger partial charge in [-0.15, -0.1) is 0 Å². The molecular weight excluding hydrogens is 214 g/mol. The fourth-order valence-electron chi connectivity index (χ4n) is 2.30. The number of hydrogen-bond donors (Lipinski definition) is 3. The van der Waals surface area contributed by atoms with Gasteiger partial charge in [-0.05, 0) is 12.8 Å². The van der Waals surface area contributed by atoms with E-state index in [4.69, 9.17) is 5.41 Å². The van der Waals surface area contributed by atoms with Crippen LogP contribution in [-0.2, 0) is 13.1 Å². The van der Waals surface area contributed by atoms with Gasteiger partial charge >= 0.3 is 0 Å². The van der Waals surface area contributed by atoms with E-state index in [1.807, 2.05) is 6.20 Å². The van der Waals surface area contributed by atoms with E-state index in [0.717, 1.165) is 49.4 Å². The number of hydrogen-bond acceptors (Lipinski definition) is 5. The van der Waals surface area contributed by atoms with Gasteiger partial charge in [-0.1, -0.05) is 0 Å². The van der Waals surface area contributed by atoms with Crippen molar-refractivity contribution in [1.82, 2.24) is 20.6 Å². The van der Waals surface area contributed by atoms with Crippen LogP contribution in [0.3, 0.4) is 0 Å². The van der Waals surface area contributed by atoms with Gasteiger partial charge in [0.1, 0.15) is 0 Å². The molecule has 0 spiro atoms. The largest absolute Gasteiger partial charge is 0.388 e. The molecule has 2 aliphatic rings. The molecule has 3 N–H and O–H groups in total. The second kappa shape index (κ2) is 4.25. The molecule has 0 saturated carbocycles. The van der Waals surface area contributed by atoms with Crippen LogP contribution in [0.25, 0.3) is 5.57 Å². The summed E-state index contributed by atoms with van der Waals surface area (Å²) >= 11 is 0. The normalized spacial score (nSPS) is 20.9. The van der Waals surface area contributed by atoms with Crippen LogP contribution in [0.1, 0.15) is 29.9 Å². The van der Waals surface area contributed by atoms with E-state index < -0.39 is 0 Å². The summed E-state index contributed by atoms with van der Waals surface area (Å²) in [5.74, 6) is 0.673. The highest BCUT2D eigenvalue weighted by molar-refractivity contribution is 6.07. The zero-order valence-corrected chi connectivity index (χ0v) is 9.58. The molecule has 1 fully saturated rings. The molecule has 3 heterocycles. The van der Waals surface area contributed by atoms with Gasteiger partial charge in [0.15, 0.2) is 5.82 Å². The zero-order chi connectivity index (χ0) is 11.7. The smallest absolute Gasteiger partial charge is 0.162 e. The van der Waals surface area contributed by atoms with Crippen molar-refractivity contribution in [3.8, 4) is 0 Å². The molecule has 2 aliphatic heterocycles. The van der Waals surface area contributed by atoms with Crippen LogP contribution in [0.2, 0.25) is 0 Å². The first-order valence-corrected chi connectivity index (χ1v) is 5.92. The first-order valence-electron chi connectivity index (χ1n) is 5.92. The molecule has 5 nitrogen and oxygen atoms in total. The molecule has 1 saturated heterocycles. The monoisotopic (exact) mass is 229 g/mol. The van der Waals surface area contributed by atoms with Gasteiger partial charge in [0.25, 0.3) is 0 Å². The van der Waals surface area contributed by atoms with E-state index in [1.165, 1.54) is 11.8 Å². The minimum atomic E-state index is 0.673. The minimum Gasteiger partial charge on any atom is -0.388 e. The number of nitrogens with one attached hydrogen (secondary N) is 3. The van der Waals surface area contributed by atoms with Crippen molar-refractivity contribution in [3.63, 3.8) is 0 Å². The minimum absolute atomic E-state index is 0.673. The second-order valence-electron chi connectivity index (χ2n) is 4.34. The van der Waals surface area contributed by atoms with E-state index in [2.05, 4.69) is 20.6 Å². The fourth-order valence-corrected chi connectivity index (χ4v) is 2.30. The lowest BCUT2D eigenvalue weighted by atomic mass is 10.1. The van der Waals surface area contributed by atoms with Crippen LogP contribution in [0.15, 0.2) is 11.9 Å². The molecule has 3 rings (SSSR count). The molecule has 0 aromatic carbocycles. The highest BCUT2D eigenvalue weighted by Gasteiger charge is 2.17. The maximum absolute atomic E-state index is 7.54. The molecule has 0 atom stereocenters. The summed E-state index contributed by atoms with van der Waals surface area (Å²) in [6, 6.07) is 0.